The lowest BCUT2D eigenvalue weighted by atomic mass is 9.97. The zero-order valence-electron chi connectivity index (χ0n) is 13.7. The number of alkyl halides is 3. The Balaban J connectivity index is 2.29. The molecule has 0 aromatic heterocycles. The summed E-state index contributed by atoms with van der Waals surface area (Å²) >= 11 is 0. The molecule has 0 atom stereocenters. The van der Waals surface area contributed by atoms with Crippen molar-refractivity contribution >= 4 is 6.29 Å². The first-order valence-electron chi connectivity index (χ1n) is 7.98. The number of carbonyl (C=O) groups excluding carboxylic acids is 1. The van der Waals surface area contributed by atoms with E-state index in [1.807, 2.05) is 12.1 Å². The number of aldehydes is 1. The first-order valence-corrected chi connectivity index (χ1v) is 7.98. The van der Waals surface area contributed by atoms with Crippen molar-refractivity contribution in [2.75, 3.05) is 0 Å². The largest absolute Gasteiger partial charge is 0.573 e. The third-order valence-corrected chi connectivity index (χ3v) is 3.82. The van der Waals surface area contributed by atoms with E-state index in [-0.39, 0.29) is 11.8 Å². The van der Waals surface area contributed by atoms with Crippen LogP contribution in [0.15, 0.2) is 36.4 Å². The van der Waals surface area contributed by atoms with Crippen LogP contribution in [-0.4, -0.2) is 12.6 Å². The van der Waals surface area contributed by atoms with Crippen molar-refractivity contribution in [3.63, 3.8) is 0 Å². The van der Waals surface area contributed by atoms with E-state index < -0.39 is 23.5 Å². The van der Waals surface area contributed by atoms with E-state index in [2.05, 4.69) is 11.7 Å². The molecule has 2 rings (SSSR count). The number of carbonyl (C=O) groups is 1. The van der Waals surface area contributed by atoms with Gasteiger partial charge in [-0.2, -0.15) is 0 Å². The molecule has 0 heterocycles. The zero-order chi connectivity index (χ0) is 18.4. The van der Waals surface area contributed by atoms with Gasteiger partial charge in [-0.15, -0.1) is 13.2 Å². The van der Waals surface area contributed by atoms with Gasteiger partial charge in [0.15, 0.2) is 17.9 Å². The van der Waals surface area contributed by atoms with E-state index >= 15 is 0 Å². The van der Waals surface area contributed by atoms with Crippen molar-refractivity contribution in [1.82, 2.24) is 0 Å². The van der Waals surface area contributed by atoms with Gasteiger partial charge in [0.25, 0.3) is 0 Å². The Labute approximate surface area is 143 Å². The van der Waals surface area contributed by atoms with Gasteiger partial charge in [0, 0.05) is 0 Å². The van der Waals surface area contributed by atoms with Crippen LogP contribution in [0.5, 0.6) is 5.75 Å². The first kappa shape index (κ1) is 19.0. The Morgan fingerprint density at radius 3 is 2.28 bits per heavy atom. The van der Waals surface area contributed by atoms with Gasteiger partial charge in [0.2, 0.25) is 0 Å². The molecule has 134 valence electrons. The smallest absolute Gasteiger partial charge is 0.403 e. The molecule has 0 amide bonds. The minimum Gasteiger partial charge on any atom is -0.403 e. The number of unbranched alkanes of at least 4 members (excludes halogenated alkanes) is 2. The van der Waals surface area contributed by atoms with E-state index in [9.17, 15) is 22.4 Å². The number of ether oxygens (including phenoxy) is 1. The minimum absolute atomic E-state index is 0.197. The van der Waals surface area contributed by atoms with Gasteiger partial charge in [-0.3, -0.25) is 4.79 Å². The fraction of sp³-hybridized carbons (Fsp3) is 0.316. The van der Waals surface area contributed by atoms with Gasteiger partial charge in [0.1, 0.15) is 0 Å². The molecule has 25 heavy (non-hydrogen) atoms. The Bertz CT molecular complexity index is 721. The highest BCUT2D eigenvalue weighted by Gasteiger charge is 2.33. The van der Waals surface area contributed by atoms with Gasteiger partial charge in [-0.05, 0) is 41.7 Å². The fourth-order valence-corrected chi connectivity index (χ4v) is 2.57. The van der Waals surface area contributed by atoms with E-state index in [0.717, 1.165) is 37.3 Å². The molecule has 0 bridgehead atoms. The predicted octanol–water partition coefficient (Wildman–Crippen LogP) is 5.94. The summed E-state index contributed by atoms with van der Waals surface area (Å²) in [6, 6.07) is 9.33. The fourth-order valence-electron chi connectivity index (χ4n) is 2.57. The van der Waals surface area contributed by atoms with E-state index in [4.69, 9.17) is 0 Å². The second kappa shape index (κ2) is 8.14. The van der Waals surface area contributed by atoms with Crippen LogP contribution in [0.1, 0.15) is 42.1 Å². The number of rotatable bonds is 7. The quantitative estimate of drug-likeness (QED) is 0.350. The minimum atomic E-state index is -5.03. The Morgan fingerprint density at radius 1 is 1.04 bits per heavy atom. The lowest BCUT2D eigenvalue weighted by Gasteiger charge is -2.13. The van der Waals surface area contributed by atoms with Gasteiger partial charge in [-0.1, -0.05) is 44.0 Å². The zero-order valence-corrected chi connectivity index (χ0v) is 13.7. The summed E-state index contributed by atoms with van der Waals surface area (Å²) < 4.78 is 54.6. The summed E-state index contributed by atoms with van der Waals surface area (Å²) in [6.45, 7) is 2.12. The molecular weight excluding hydrogens is 336 g/mol. The van der Waals surface area contributed by atoms with Crippen LogP contribution in [0.2, 0.25) is 0 Å². The molecule has 0 radical (unpaired) electrons. The molecule has 6 heteroatoms. The maximum atomic E-state index is 14.2. The lowest BCUT2D eigenvalue weighted by molar-refractivity contribution is -0.275. The molecule has 0 fully saturated rings. The van der Waals surface area contributed by atoms with Crippen molar-refractivity contribution in [2.45, 2.75) is 39.0 Å². The van der Waals surface area contributed by atoms with Crippen molar-refractivity contribution in [2.24, 2.45) is 0 Å². The summed E-state index contributed by atoms with van der Waals surface area (Å²) in [7, 11) is 0. The van der Waals surface area contributed by atoms with Crippen LogP contribution in [-0.2, 0) is 6.42 Å². The molecule has 2 aromatic rings. The average molecular weight is 354 g/mol. The molecule has 0 N–H and O–H groups in total. The molecule has 0 spiro atoms. The highest BCUT2D eigenvalue weighted by Crippen LogP contribution is 2.33. The Hall–Kier alpha value is -2.37. The molecule has 0 aliphatic carbocycles. The van der Waals surface area contributed by atoms with Crippen molar-refractivity contribution in [1.29, 1.82) is 0 Å². The summed E-state index contributed by atoms with van der Waals surface area (Å²) in [6.07, 6.45) is -0.601. The van der Waals surface area contributed by atoms with Gasteiger partial charge < -0.3 is 4.74 Å². The number of halogens is 4. The lowest BCUT2D eigenvalue weighted by Crippen LogP contribution is -2.18. The molecular formula is C19H18F4O2. The monoisotopic (exact) mass is 354 g/mol. The highest BCUT2D eigenvalue weighted by atomic mass is 19.4. The topological polar surface area (TPSA) is 26.3 Å². The molecule has 0 saturated carbocycles. The number of aryl methyl sites for hydroxylation is 1. The summed E-state index contributed by atoms with van der Waals surface area (Å²) in [4.78, 5) is 11.2. The summed E-state index contributed by atoms with van der Waals surface area (Å²) in [5.41, 5.74) is 1.43. The Morgan fingerprint density at radius 2 is 1.72 bits per heavy atom. The third-order valence-electron chi connectivity index (χ3n) is 3.82. The molecule has 2 aromatic carbocycles. The van der Waals surface area contributed by atoms with Gasteiger partial charge >= 0.3 is 6.36 Å². The summed E-state index contributed by atoms with van der Waals surface area (Å²) in [5.74, 6) is -2.34. The number of benzene rings is 2. The van der Waals surface area contributed by atoms with Crippen LogP contribution in [0.25, 0.3) is 11.1 Å². The molecule has 2 nitrogen and oxygen atoms in total. The van der Waals surface area contributed by atoms with Crippen LogP contribution < -0.4 is 4.74 Å². The standard InChI is InChI=1S/C19H18F4O2/c1-2-3-4-5-13-6-8-14(9-7-13)15-10-11-17(25-19(21,22)23)18(20)16(15)12-24/h6-12H,2-5H2,1H3. The second-order valence-corrected chi connectivity index (χ2v) is 5.66. The van der Waals surface area contributed by atoms with Crippen LogP contribution in [0.4, 0.5) is 17.6 Å². The average Bonchev–Trinajstić information content (AvgIpc) is 2.56. The first-order chi connectivity index (χ1) is 11.9. The molecule has 0 aliphatic heterocycles. The van der Waals surface area contributed by atoms with Crippen LogP contribution >= 0.6 is 0 Å². The third kappa shape index (κ3) is 5.05. The summed E-state index contributed by atoms with van der Waals surface area (Å²) in [5, 5.41) is 0. The second-order valence-electron chi connectivity index (χ2n) is 5.66. The van der Waals surface area contributed by atoms with E-state index in [0.29, 0.717) is 5.56 Å². The van der Waals surface area contributed by atoms with Gasteiger partial charge in [0.05, 0.1) is 5.56 Å². The normalized spacial score (nSPS) is 11.4. The van der Waals surface area contributed by atoms with E-state index in [1.54, 1.807) is 12.1 Å². The SMILES string of the molecule is CCCCCc1ccc(-c2ccc(OC(F)(F)F)c(F)c2C=O)cc1. The molecule has 0 unspecified atom stereocenters. The molecule has 0 saturated heterocycles. The van der Waals surface area contributed by atoms with E-state index in [1.165, 1.54) is 6.07 Å². The highest BCUT2D eigenvalue weighted by molar-refractivity contribution is 5.88. The number of hydrogen-bond acceptors (Lipinski definition) is 2. The maximum absolute atomic E-state index is 14.2. The molecule has 0 aliphatic rings. The van der Waals surface area contributed by atoms with Crippen LogP contribution in [0, 0.1) is 5.82 Å². The van der Waals surface area contributed by atoms with Crippen LogP contribution in [0.3, 0.4) is 0 Å². The Kier molecular flexibility index (Phi) is 6.17. The van der Waals surface area contributed by atoms with Crippen molar-refractivity contribution < 1.29 is 27.1 Å². The maximum Gasteiger partial charge on any atom is 0.573 e. The van der Waals surface area contributed by atoms with Crippen molar-refractivity contribution in [3.05, 3.63) is 53.3 Å². The predicted molar refractivity (Wildman–Crippen MR) is 87.1 cm³/mol. The number of hydrogen-bond donors (Lipinski definition) is 0. The van der Waals surface area contributed by atoms with Gasteiger partial charge in [-0.25, -0.2) is 4.39 Å². The van der Waals surface area contributed by atoms with Crippen molar-refractivity contribution in [3.8, 4) is 16.9 Å².